The summed E-state index contributed by atoms with van der Waals surface area (Å²) >= 11 is 0. The van der Waals surface area contributed by atoms with Crippen molar-refractivity contribution >= 4 is 0 Å². The Kier molecular flexibility index (Phi) is 3.87. The summed E-state index contributed by atoms with van der Waals surface area (Å²) in [6.07, 6.45) is 0.996. The molecular weight excluding hydrogens is 112 g/mol. The fraction of sp³-hybridized carbons (Fsp3) is 0.875. The average molecular weight is 129 g/mol. The maximum Gasteiger partial charge on any atom is 0.0834 e. The van der Waals surface area contributed by atoms with E-state index in [0.29, 0.717) is 5.41 Å². The molecule has 9 heavy (non-hydrogen) atoms. The van der Waals surface area contributed by atoms with Gasteiger partial charge in [0.05, 0.1) is 13.2 Å². The van der Waals surface area contributed by atoms with Crippen LogP contribution in [0.1, 0.15) is 34.1 Å². The van der Waals surface area contributed by atoms with Gasteiger partial charge in [-0.3, -0.25) is 0 Å². The summed E-state index contributed by atoms with van der Waals surface area (Å²) in [5, 5.41) is 0. The van der Waals surface area contributed by atoms with Gasteiger partial charge in [-0.25, -0.2) is 0 Å². The summed E-state index contributed by atoms with van der Waals surface area (Å²) < 4.78 is 5.22. The Labute approximate surface area is 58.4 Å². The van der Waals surface area contributed by atoms with Crippen LogP contribution in [-0.2, 0) is 4.74 Å². The summed E-state index contributed by atoms with van der Waals surface area (Å²) in [5.74, 6) is 0. The second-order valence-corrected chi connectivity index (χ2v) is 3.45. The molecule has 0 heterocycles. The van der Waals surface area contributed by atoms with Crippen LogP contribution in [0.4, 0.5) is 0 Å². The minimum Gasteiger partial charge on any atom is -0.375 e. The van der Waals surface area contributed by atoms with E-state index in [1.165, 1.54) is 0 Å². The largest absolute Gasteiger partial charge is 0.375 e. The number of rotatable bonds is 3. The van der Waals surface area contributed by atoms with Gasteiger partial charge in [-0.15, -0.1) is 0 Å². The zero-order chi connectivity index (χ0) is 7.33. The van der Waals surface area contributed by atoms with Gasteiger partial charge in [-0.05, 0) is 11.8 Å². The molecule has 0 aliphatic carbocycles. The first-order valence-electron chi connectivity index (χ1n) is 3.49. The van der Waals surface area contributed by atoms with Gasteiger partial charge in [0, 0.05) is 0 Å². The molecule has 0 aromatic heterocycles. The van der Waals surface area contributed by atoms with E-state index in [-0.39, 0.29) is 0 Å². The first-order chi connectivity index (χ1) is 4.06. The van der Waals surface area contributed by atoms with E-state index in [1.807, 2.05) is 6.61 Å². The third-order valence-electron chi connectivity index (χ3n) is 0.801. The SMILES string of the molecule is CC[CH]OCC(C)(C)C. The smallest absolute Gasteiger partial charge is 0.0834 e. The van der Waals surface area contributed by atoms with E-state index in [0.717, 1.165) is 13.0 Å². The van der Waals surface area contributed by atoms with E-state index in [2.05, 4.69) is 27.7 Å². The maximum atomic E-state index is 5.22. The van der Waals surface area contributed by atoms with Crippen molar-refractivity contribution in [1.82, 2.24) is 0 Å². The highest BCUT2D eigenvalue weighted by atomic mass is 16.5. The number of ether oxygens (including phenoxy) is 1. The first-order valence-corrected chi connectivity index (χ1v) is 3.49. The molecule has 0 spiro atoms. The lowest BCUT2D eigenvalue weighted by Crippen LogP contribution is -2.13. The molecule has 0 N–H and O–H groups in total. The molecule has 55 valence electrons. The molecule has 0 aromatic rings. The van der Waals surface area contributed by atoms with Crippen molar-refractivity contribution in [3.05, 3.63) is 6.61 Å². The Morgan fingerprint density at radius 3 is 2.22 bits per heavy atom. The predicted octanol–water partition coefficient (Wildman–Crippen LogP) is 2.62. The molecule has 0 aliphatic rings. The van der Waals surface area contributed by atoms with Crippen molar-refractivity contribution < 1.29 is 4.74 Å². The summed E-state index contributed by atoms with van der Waals surface area (Å²) in [4.78, 5) is 0. The quantitative estimate of drug-likeness (QED) is 0.532. The van der Waals surface area contributed by atoms with Gasteiger partial charge in [0.1, 0.15) is 0 Å². The van der Waals surface area contributed by atoms with Crippen LogP contribution in [0.2, 0.25) is 0 Å². The van der Waals surface area contributed by atoms with Crippen LogP contribution in [0.25, 0.3) is 0 Å². The van der Waals surface area contributed by atoms with E-state index in [4.69, 9.17) is 4.74 Å². The van der Waals surface area contributed by atoms with Crippen molar-refractivity contribution in [2.45, 2.75) is 34.1 Å². The van der Waals surface area contributed by atoms with Gasteiger partial charge >= 0.3 is 0 Å². The van der Waals surface area contributed by atoms with Crippen molar-refractivity contribution in [2.24, 2.45) is 5.41 Å². The predicted molar refractivity (Wildman–Crippen MR) is 40.0 cm³/mol. The molecule has 0 rings (SSSR count). The lowest BCUT2D eigenvalue weighted by atomic mass is 9.99. The Balaban J connectivity index is 3.07. The van der Waals surface area contributed by atoms with Gasteiger partial charge < -0.3 is 4.74 Å². The third-order valence-corrected chi connectivity index (χ3v) is 0.801. The molecule has 0 unspecified atom stereocenters. The molecule has 0 atom stereocenters. The topological polar surface area (TPSA) is 9.23 Å². The van der Waals surface area contributed by atoms with Crippen LogP contribution >= 0.6 is 0 Å². The fourth-order valence-corrected chi connectivity index (χ4v) is 0.427. The van der Waals surface area contributed by atoms with E-state index >= 15 is 0 Å². The average Bonchev–Trinajstić information content (AvgIpc) is 1.63. The highest BCUT2D eigenvalue weighted by Gasteiger charge is 2.08. The molecule has 0 saturated carbocycles. The van der Waals surface area contributed by atoms with Gasteiger partial charge in [0.2, 0.25) is 0 Å². The molecule has 0 fully saturated rings. The normalized spacial score (nSPS) is 12.0. The second-order valence-electron chi connectivity index (χ2n) is 3.45. The van der Waals surface area contributed by atoms with Gasteiger partial charge in [-0.2, -0.15) is 0 Å². The molecule has 0 aliphatic heterocycles. The van der Waals surface area contributed by atoms with Crippen molar-refractivity contribution in [3.8, 4) is 0 Å². The lowest BCUT2D eigenvalue weighted by molar-refractivity contribution is 0.115. The molecule has 0 amide bonds. The minimum absolute atomic E-state index is 0.297. The first kappa shape index (κ1) is 8.96. The van der Waals surface area contributed by atoms with Gasteiger partial charge in [0.25, 0.3) is 0 Å². The van der Waals surface area contributed by atoms with Crippen LogP contribution in [0.3, 0.4) is 0 Å². The van der Waals surface area contributed by atoms with Crippen LogP contribution in [0, 0.1) is 12.0 Å². The fourth-order valence-electron chi connectivity index (χ4n) is 0.427. The highest BCUT2D eigenvalue weighted by Crippen LogP contribution is 2.13. The monoisotopic (exact) mass is 129 g/mol. The Hall–Kier alpha value is -0.0400. The van der Waals surface area contributed by atoms with E-state index < -0.39 is 0 Å². The van der Waals surface area contributed by atoms with Crippen molar-refractivity contribution in [2.75, 3.05) is 6.61 Å². The van der Waals surface area contributed by atoms with Crippen molar-refractivity contribution in [1.29, 1.82) is 0 Å². The molecule has 1 radical (unpaired) electrons. The van der Waals surface area contributed by atoms with Crippen LogP contribution in [0.15, 0.2) is 0 Å². The molecule has 0 saturated heterocycles. The maximum absolute atomic E-state index is 5.22. The molecule has 1 heteroatoms. The van der Waals surface area contributed by atoms with Gasteiger partial charge in [-0.1, -0.05) is 27.7 Å². The van der Waals surface area contributed by atoms with E-state index in [1.54, 1.807) is 0 Å². The Bertz CT molecular complexity index is 61.5. The standard InChI is InChI=1S/C8H17O/c1-5-6-9-7-8(2,3)4/h6H,5,7H2,1-4H3. The molecule has 1 nitrogen and oxygen atoms in total. The van der Waals surface area contributed by atoms with Gasteiger partial charge in [0.15, 0.2) is 0 Å². The number of hydrogen-bond acceptors (Lipinski definition) is 1. The third kappa shape index (κ3) is 7.96. The lowest BCUT2D eigenvalue weighted by Gasteiger charge is -2.16. The number of hydrogen-bond donors (Lipinski definition) is 0. The highest BCUT2D eigenvalue weighted by molar-refractivity contribution is 4.60. The Morgan fingerprint density at radius 2 is 1.89 bits per heavy atom. The minimum atomic E-state index is 0.297. The second kappa shape index (κ2) is 3.89. The van der Waals surface area contributed by atoms with Crippen LogP contribution in [-0.4, -0.2) is 6.61 Å². The molecule has 0 bridgehead atoms. The zero-order valence-electron chi connectivity index (χ0n) is 6.90. The molecular formula is C8H17O. The van der Waals surface area contributed by atoms with E-state index in [9.17, 15) is 0 Å². The van der Waals surface area contributed by atoms with Crippen LogP contribution < -0.4 is 0 Å². The van der Waals surface area contributed by atoms with Crippen LogP contribution in [0.5, 0.6) is 0 Å². The zero-order valence-corrected chi connectivity index (χ0v) is 6.90. The summed E-state index contributed by atoms with van der Waals surface area (Å²) in [6, 6.07) is 0. The molecule has 0 aromatic carbocycles. The Morgan fingerprint density at radius 1 is 1.33 bits per heavy atom. The summed E-state index contributed by atoms with van der Waals surface area (Å²) in [7, 11) is 0. The summed E-state index contributed by atoms with van der Waals surface area (Å²) in [6.45, 7) is 11.2. The van der Waals surface area contributed by atoms with Crippen molar-refractivity contribution in [3.63, 3.8) is 0 Å². The summed E-state index contributed by atoms with van der Waals surface area (Å²) in [5.41, 5.74) is 0.297.